The Hall–Kier alpha value is -3.64. The highest BCUT2D eigenvalue weighted by atomic mass is 16.5. The lowest BCUT2D eigenvalue weighted by Gasteiger charge is -2.22. The van der Waals surface area contributed by atoms with Gasteiger partial charge in [-0.25, -0.2) is 4.79 Å². The number of amides is 2. The molecule has 196 valence electrons. The molecule has 4 N–H and O–H groups in total. The molecule has 3 aromatic carbocycles. The van der Waals surface area contributed by atoms with Gasteiger partial charge >= 0.3 is 6.09 Å². The Labute approximate surface area is 220 Å². The summed E-state index contributed by atoms with van der Waals surface area (Å²) in [6.45, 7) is 1.05. The first-order chi connectivity index (χ1) is 18.1. The van der Waals surface area contributed by atoms with Crippen LogP contribution in [0.25, 0.3) is 0 Å². The van der Waals surface area contributed by atoms with Gasteiger partial charge in [-0.05, 0) is 61.8 Å². The first kappa shape index (κ1) is 27.9. The molecule has 0 aliphatic heterocycles. The molecule has 0 unspecified atom stereocenters. The molecule has 0 fully saturated rings. The van der Waals surface area contributed by atoms with Gasteiger partial charge in [-0.3, -0.25) is 4.79 Å². The molecule has 37 heavy (non-hydrogen) atoms. The van der Waals surface area contributed by atoms with E-state index in [2.05, 4.69) is 34.9 Å². The number of rotatable bonds is 15. The largest absolute Gasteiger partial charge is 0.445 e. The second-order valence-corrected chi connectivity index (χ2v) is 9.32. The van der Waals surface area contributed by atoms with Gasteiger partial charge < -0.3 is 21.1 Å². The van der Waals surface area contributed by atoms with Gasteiger partial charge in [0.05, 0.1) is 0 Å². The first-order valence-corrected chi connectivity index (χ1v) is 13.2. The number of hydrogen-bond donors (Lipinski definition) is 3. The number of hydrogen-bond acceptors (Lipinski definition) is 4. The first-order valence-electron chi connectivity index (χ1n) is 13.2. The fourth-order valence-corrected chi connectivity index (χ4v) is 4.27. The monoisotopic (exact) mass is 501 g/mol. The van der Waals surface area contributed by atoms with Crippen LogP contribution in [0.4, 0.5) is 4.79 Å². The minimum Gasteiger partial charge on any atom is -0.445 e. The molecule has 0 radical (unpaired) electrons. The maximum absolute atomic E-state index is 13.3. The van der Waals surface area contributed by atoms with Crippen molar-refractivity contribution < 1.29 is 14.3 Å². The summed E-state index contributed by atoms with van der Waals surface area (Å²) in [6, 6.07) is 29.8. The van der Waals surface area contributed by atoms with Crippen molar-refractivity contribution in [2.45, 2.75) is 51.2 Å². The summed E-state index contributed by atoms with van der Waals surface area (Å²) < 4.78 is 5.37. The van der Waals surface area contributed by atoms with E-state index in [0.29, 0.717) is 19.5 Å². The average Bonchev–Trinajstić information content (AvgIpc) is 2.95. The zero-order chi connectivity index (χ0) is 26.1. The fourth-order valence-electron chi connectivity index (χ4n) is 4.27. The van der Waals surface area contributed by atoms with Crippen LogP contribution in [0.1, 0.15) is 42.4 Å². The summed E-state index contributed by atoms with van der Waals surface area (Å²) in [5, 5.41) is 5.99. The molecule has 0 bridgehead atoms. The molecule has 0 saturated carbocycles. The molecule has 0 aliphatic rings. The number of nitrogens with two attached hydrogens (primary N) is 1. The standard InChI is InChI=1S/C31H39N3O3/c32-22-10-17-29(34-31(36)37-24-27-15-8-3-9-16-27)23-33-30(35)28(20-18-25-11-4-1-5-12-25)21-19-26-13-6-2-7-14-26/h1-9,11-16,28-29H,10,17-24,32H2,(H,33,35)(H,34,36)/t29-/m1/s1. The Kier molecular flexibility index (Phi) is 12.2. The van der Waals surface area contributed by atoms with Gasteiger partial charge in [0, 0.05) is 18.5 Å². The van der Waals surface area contributed by atoms with Crippen LogP contribution in [0, 0.1) is 5.92 Å². The summed E-state index contributed by atoms with van der Waals surface area (Å²) in [4.78, 5) is 25.7. The van der Waals surface area contributed by atoms with Crippen molar-refractivity contribution in [1.82, 2.24) is 10.6 Å². The summed E-state index contributed by atoms with van der Waals surface area (Å²) in [5.41, 5.74) is 9.08. The maximum Gasteiger partial charge on any atom is 0.407 e. The predicted molar refractivity (Wildman–Crippen MR) is 148 cm³/mol. The minimum atomic E-state index is -0.496. The molecular weight excluding hydrogens is 462 g/mol. The quantitative estimate of drug-likeness (QED) is 0.273. The van der Waals surface area contributed by atoms with Crippen LogP contribution in [0.3, 0.4) is 0 Å². The van der Waals surface area contributed by atoms with Crippen LogP contribution in [0.5, 0.6) is 0 Å². The van der Waals surface area contributed by atoms with E-state index in [9.17, 15) is 9.59 Å². The van der Waals surface area contributed by atoms with Gasteiger partial charge in [0.1, 0.15) is 6.61 Å². The van der Waals surface area contributed by atoms with E-state index >= 15 is 0 Å². The molecule has 6 nitrogen and oxygen atoms in total. The van der Waals surface area contributed by atoms with Crippen LogP contribution >= 0.6 is 0 Å². The lowest BCUT2D eigenvalue weighted by Crippen LogP contribution is -2.45. The molecule has 2 amide bonds. The third-order valence-electron chi connectivity index (χ3n) is 6.43. The van der Waals surface area contributed by atoms with Crippen molar-refractivity contribution in [3.8, 4) is 0 Å². The van der Waals surface area contributed by atoms with E-state index in [1.165, 1.54) is 11.1 Å². The Morgan fingerprint density at radius 3 is 1.76 bits per heavy atom. The lowest BCUT2D eigenvalue weighted by atomic mass is 9.92. The highest BCUT2D eigenvalue weighted by Crippen LogP contribution is 2.17. The molecule has 1 atom stereocenters. The Bertz CT molecular complexity index is 1000. The van der Waals surface area contributed by atoms with Crippen molar-refractivity contribution in [2.75, 3.05) is 13.1 Å². The number of carbonyl (C=O) groups excluding carboxylic acids is 2. The molecule has 3 aromatic rings. The molecule has 6 heteroatoms. The summed E-state index contributed by atoms with van der Waals surface area (Å²) >= 11 is 0. The van der Waals surface area contributed by atoms with Crippen LogP contribution in [-0.2, 0) is 29.0 Å². The molecule has 0 aromatic heterocycles. The molecular formula is C31H39N3O3. The van der Waals surface area contributed by atoms with Crippen molar-refractivity contribution in [3.63, 3.8) is 0 Å². The lowest BCUT2D eigenvalue weighted by molar-refractivity contribution is -0.125. The maximum atomic E-state index is 13.3. The highest BCUT2D eigenvalue weighted by Gasteiger charge is 2.21. The van der Waals surface area contributed by atoms with Gasteiger partial charge in [-0.15, -0.1) is 0 Å². The van der Waals surface area contributed by atoms with Crippen molar-refractivity contribution in [3.05, 3.63) is 108 Å². The number of benzene rings is 3. The zero-order valence-electron chi connectivity index (χ0n) is 21.5. The SMILES string of the molecule is NCCC[C@H](CNC(=O)C(CCc1ccccc1)CCc1ccccc1)NC(=O)OCc1ccccc1. The Morgan fingerprint density at radius 1 is 0.730 bits per heavy atom. The number of carbonyl (C=O) groups is 2. The highest BCUT2D eigenvalue weighted by molar-refractivity contribution is 5.78. The van der Waals surface area contributed by atoms with Crippen LogP contribution < -0.4 is 16.4 Å². The third-order valence-corrected chi connectivity index (χ3v) is 6.43. The Balaban J connectivity index is 1.54. The Morgan fingerprint density at radius 2 is 1.24 bits per heavy atom. The summed E-state index contributed by atoms with van der Waals surface area (Å²) in [7, 11) is 0. The van der Waals surface area contributed by atoms with E-state index in [0.717, 1.165) is 37.7 Å². The number of alkyl carbamates (subject to hydrolysis) is 1. The third kappa shape index (κ3) is 10.9. The van der Waals surface area contributed by atoms with E-state index < -0.39 is 6.09 Å². The topological polar surface area (TPSA) is 93.5 Å². The molecule has 0 saturated heterocycles. The minimum absolute atomic E-state index is 0.0177. The zero-order valence-corrected chi connectivity index (χ0v) is 21.5. The molecule has 0 heterocycles. The average molecular weight is 502 g/mol. The van der Waals surface area contributed by atoms with Crippen molar-refractivity contribution in [2.24, 2.45) is 11.7 Å². The van der Waals surface area contributed by atoms with E-state index in [1.807, 2.05) is 66.7 Å². The van der Waals surface area contributed by atoms with Crippen LogP contribution in [0.15, 0.2) is 91.0 Å². The van der Waals surface area contributed by atoms with E-state index in [-0.39, 0.29) is 24.5 Å². The second kappa shape index (κ2) is 16.2. The number of ether oxygens (including phenoxy) is 1. The smallest absolute Gasteiger partial charge is 0.407 e. The summed E-state index contributed by atoms with van der Waals surface area (Å²) in [5.74, 6) is -0.107. The fraction of sp³-hybridized carbons (Fsp3) is 0.355. The van der Waals surface area contributed by atoms with E-state index in [4.69, 9.17) is 10.5 Å². The second-order valence-electron chi connectivity index (χ2n) is 9.32. The van der Waals surface area contributed by atoms with Crippen LogP contribution in [-0.4, -0.2) is 31.1 Å². The van der Waals surface area contributed by atoms with Gasteiger partial charge in [0.15, 0.2) is 0 Å². The van der Waals surface area contributed by atoms with Crippen LogP contribution in [0.2, 0.25) is 0 Å². The van der Waals surface area contributed by atoms with Gasteiger partial charge in [-0.2, -0.15) is 0 Å². The molecule has 3 rings (SSSR count). The normalized spacial score (nSPS) is 11.6. The molecule has 0 aliphatic carbocycles. The molecule has 0 spiro atoms. The van der Waals surface area contributed by atoms with Gasteiger partial charge in [0.25, 0.3) is 0 Å². The van der Waals surface area contributed by atoms with Gasteiger partial charge in [0.2, 0.25) is 5.91 Å². The number of nitrogens with one attached hydrogen (secondary N) is 2. The van der Waals surface area contributed by atoms with Crippen molar-refractivity contribution >= 4 is 12.0 Å². The van der Waals surface area contributed by atoms with Gasteiger partial charge in [-0.1, -0.05) is 91.0 Å². The predicted octanol–water partition coefficient (Wildman–Crippen LogP) is 5.02. The number of aryl methyl sites for hydroxylation is 2. The van der Waals surface area contributed by atoms with Crippen molar-refractivity contribution in [1.29, 1.82) is 0 Å². The summed E-state index contributed by atoms with van der Waals surface area (Å²) in [6.07, 6.45) is 4.12. The van der Waals surface area contributed by atoms with E-state index in [1.54, 1.807) is 0 Å².